The van der Waals surface area contributed by atoms with Gasteiger partial charge in [0.2, 0.25) is 0 Å². The van der Waals surface area contributed by atoms with E-state index in [1.54, 1.807) is 0 Å². The van der Waals surface area contributed by atoms with Gasteiger partial charge in [-0.25, -0.2) is 0 Å². The molecule has 0 N–H and O–H groups in total. The Morgan fingerprint density at radius 2 is 1.00 bits per heavy atom. The van der Waals surface area contributed by atoms with Crippen LogP contribution in [-0.4, -0.2) is 23.6 Å². The summed E-state index contributed by atoms with van der Waals surface area (Å²) in [7, 11) is 0. The number of carbonyl (C=O) groups is 2. The first-order chi connectivity index (χ1) is 26.2. The maximum atomic E-state index is 14.0. The molecule has 1 fully saturated rings. The minimum atomic E-state index is -0.836. The molecule has 0 radical (unpaired) electrons. The third kappa shape index (κ3) is 9.45. The highest BCUT2D eigenvalue weighted by Crippen LogP contribution is 2.46. The zero-order chi connectivity index (χ0) is 39.9. The minimum Gasteiger partial charge on any atom is -0.490 e. The normalized spacial score (nSPS) is 15.1. The molecule has 6 nitrogen and oxygen atoms in total. The molecule has 1 saturated carbocycles. The summed E-state index contributed by atoms with van der Waals surface area (Å²) in [5, 5.41) is 0. The zero-order valence-electron chi connectivity index (χ0n) is 34.6. The first-order valence-corrected chi connectivity index (χ1v) is 20.4. The number of ether oxygens (including phenoxy) is 4. The van der Waals surface area contributed by atoms with Gasteiger partial charge in [-0.15, -0.1) is 0 Å². The number of rotatable bonds is 16. The lowest BCUT2D eigenvalue weighted by Gasteiger charge is -2.39. The predicted molar refractivity (Wildman–Crippen MR) is 222 cm³/mol. The maximum Gasteiger partial charge on any atom is 0.321 e. The Kier molecular flexibility index (Phi) is 13.2. The van der Waals surface area contributed by atoms with Gasteiger partial charge in [-0.3, -0.25) is 9.59 Å². The Balaban J connectivity index is 1.25. The van der Waals surface area contributed by atoms with Crippen molar-refractivity contribution in [1.82, 2.24) is 0 Å². The smallest absolute Gasteiger partial charge is 0.321 e. The third-order valence-electron chi connectivity index (χ3n) is 12.4. The van der Waals surface area contributed by atoms with Crippen LogP contribution in [0.4, 0.5) is 0 Å². The van der Waals surface area contributed by atoms with E-state index in [0.717, 1.165) is 36.1 Å². The molecule has 55 heavy (non-hydrogen) atoms. The van der Waals surface area contributed by atoms with E-state index >= 15 is 0 Å². The van der Waals surface area contributed by atoms with Crippen LogP contribution >= 0.6 is 0 Å². The highest BCUT2D eigenvalue weighted by Gasteiger charge is 2.44. The van der Waals surface area contributed by atoms with E-state index in [9.17, 15) is 9.59 Å². The van der Waals surface area contributed by atoms with Crippen molar-refractivity contribution in [2.45, 2.75) is 137 Å². The second-order valence-electron chi connectivity index (χ2n) is 16.6. The van der Waals surface area contributed by atoms with Gasteiger partial charge in [0.05, 0.1) is 5.41 Å². The van der Waals surface area contributed by atoms with Crippen molar-refractivity contribution in [1.29, 1.82) is 0 Å². The summed E-state index contributed by atoms with van der Waals surface area (Å²) in [6.07, 6.45) is 8.12. The first kappa shape index (κ1) is 41.6. The fourth-order valence-electron chi connectivity index (χ4n) is 7.61. The van der Waals surface area contributed by atoms with Crippen LogP contribution in [0.5, 0.6) is 23.0 Å². The van der Waals surface area contributed by atoms with Crippen LogP contribution in [-0.2, 0) is 15.0 Å². The standard InChI is InChI=1S/C49H62O6/c1-10-46(6,7)44(50)53-41-27-19-37(20-28-41)36-17-25-40(26-18-36)52-35(5)48(12-3,13-4)45(51)54-42-29-21-38(22-30-42)49(33-15-14-16-34-49)39-23-31-43(32-24-39)55-47(8,9)11-2/h17-32,35H,10-16,33-34H2,1-9H3. The minimum absolute atomic E-state index is 0.0852. The summed E-state index contributed by atoms with van der Waals surface area (Å²) < 4.78 is 24.5. The van der Waals surface area contributed by atoms with E-state index < -0.39 is 16.9 Å². The molecule has 1 aliphatic rings. The topological polar surface area (TPSA) is 71.1 Å². The second kappa shape index (κ2) is 17.5. The van der Waals surface area contributed by atoms with Gasteiger partial charge in [-0.05, 0) is 144 Å². The molecular formula is C49H62O6. The van der Waals surface area contributed by atoms with Crippen molar-refractivity contribution in [3.05, 3.63) is 108 Å². The van der Waals surface area contributed by atoms with Crippen molar-refractivity contribution < 1.29 is 28.5 Å². The molecule has 1 aliphatic carbocycles. The molecule has 5 rings (SSSR count). The van der Waals surface area contributed by atoms with Crippen molar-refractivity contribution in [2.24, 2.45) is 10.8 Å². The summed E-state index contributed by atoms with van der Waals surface area (Å²) in [5.74, 6) is 2.13. The summed E-state index contributed by atoms with van der Waals surface area (Å²) in [6, 6.07) is 32.3. The molecule has 4 aromatic rings. The lowest BCUT2D eigenvalue weighted by atomic mass is 9.65. The summed E-state index contributed by atoms with van der Waals surface area (Å²) in [5.41, 5.74) is 2.90. The molecule has 0 bridgehead atoms. The van der Waals surface area contributed by atoms with Gasteiger partial charge in [0.25, 0.3) is 0 Å². The second-order valence-corrected chi connectivity index (χ2v) is 16.6. The average molecular weight is 747 g/mol. The fourth-order valence-corrected chi connectivity index (χ4v) is 7.61. The van der Waals surface area contributed by atoms with Crippen molar-refractivity contribution in [2.75, 3.05) is 0 Å². The van der Waals surface area contributed by atoms with Gasteiger partial charge < -0.3 is 18.9 Å². The molecule has 1 unspecified atom stereocenters. The van der Waals surface area contributed by atoms with E-state index in [2.05, 4.69) is 57.2 Å². The monoisotopic (exact) mass is 746 g/mol. The number of hydrogen-bond donors (Lipinski definition) is 0. The van der Waals surface area contributed by atoms with Crippen molar-refractivity contribution >= 4 is 11.9 Å². The van der Waals surface area contributed by atoms with E-state index in [0.29, 0.717) is 36.5 Å². The highest BCUT2D eigenvalue weighted by molar-refractivity contribution is 5.80. The van der Waals surface area contributed by atoms with Crippen LogP contribution in [0, 0.1) is 10.8 Å². The fraction of sp³-hybridized carbons (Fsp3) is 0.469. The Morgan fingerprint density at radius 1 is 0.564 bits per heavy atom. The Bertz CT molecular complexity index is 1840. The van der Waals surface area contributed by atoms with Gasteiger partial charge in [-0.1, -0.05) is 95.5 Å². The molecule has 6 heteroatoms. The molecular weight excluding hydrogens is 685 g/mol. The molecule has 0 aromatic heterocycles. The number of esters is 2. The molecule has 1 atom stereocenters. The van der Waals surface area contributed by atoms with Crippen LogP contribution in [0.1, 0.15) is 131 Å². The van der Waals surface area contributed by atoms with Crippen LogP contribution in [0.25, 0.3) is 11.1 Å². The number of hydrogen-bond acceptors (Lipinski definition) is 6. The van der Waals surface area contributed by atoms with E-state index in [4.69, 9.17) is 18.9 Å². The van der Waals surface area contributed by atoms with E-state index in [1.807, 2.05) is 102 Å². The zero-order valence-corrected chi connectivity index (χ0v) is 34.6. The van der Waals surface area contributed by atoms with Crippen LogP contribution < -0.4 is 18.9 Å². The van der Waals surface area contributed by atoms with Crippen molar-refractivity contribution in [3.8, 4) is 34.1 Å². The van der Waals surface area contributed by atoms with Crippen molar-refractivity contribution in [3.63, 3.8) is 0 Å². The van der Waals surface area contributed by atoms with Crippen LogP contribution in [0.15, 0.2) is 97.1 Å². The van der Waals surface area contributed by atoms with E-state index in [-0.39, 0.29) is 23.0 Å². The number of carbonyl (C=O) groups excluding carboxylic acids is 2. The quantitative estimate of drug-likeness (QED) is 0.0840. The Hall–Kier alpha value is -4.58. The maximum absolute atomic E-state index is 14.0. The van der Waals surface area contributed by atoms with E-state index in [1.165, 1.54) is 30.4 Å². The molecule has 0 spiro atoms. The first-order valence-electron chi connectivity index (χ1n) is 20.4. The predicted octanol–water partition coefficient (Wildman–Crippen LogP) is 12.7. The molecule has 4 aromatic carbocycles. The highest BCUT2D eigenvalue weighted by atomic mass is 16.5. The third-order valence-corrected chi connectivity index (χ3v) is 12.4. The van der Waals surface area contributed by atoms with Gasteiger partial charge in [0, 0.05) is 5.41 Å². The van der Waals surface area contributed by atoms with Gasteiger partial charge in [0.15, 0.2) is 0 Å². The van der Waals surface area contributed by atoms with Gasteiger partial charge in [0.1, 0.15) is 40.1 Å². The lowest BCUT2D eigenvalue weighted by Crippen LogP contribution is -2.45. The summed E-state index contributed by atoms with van der Waals surface area (Å²) in [6.45, 7) is 18.1. The molecule has 0 amide bonds. The largest absolute Gasteiger partial charge is 0.490 e. The summed E-state index contributed by atoms with van der Waals surface area (Å²) in [4.78, 5) is 26.5. The SMILES string of the molecule is CCC(C)(C)Oc1ccc(C2(c3ccc(OC(=O)C(CC)(CC)C(C)Oc4ccc(-c5ccc(OC(=O)C(C)(C)CC)cc5)cc4)cc3)CCCCC2)cc1. The van der Waals surface area contributed by atoms with Crippen LogP contribution in [0.2, 0.25) is 0 Å². The Labute approximate surface area is 329 Å². The van der Waals surface area contributed by atoms with Crippen LogP contribution in [0.3, 0.4) is 0 Å². The van der Waals surface area contributed by atoms with Gasteiger partial charge >= 0.3 is 11.9 Å². The lowest BCUT2D eigenvalue weighted by molar-refractivity contribution is -0.152. The molecule has 294 valence electrons. The molecule has 0 saturated heterocycles. The average Bonchev–Trinajstić information content (AvgIpc) is 3.20. The molecule has 0 heterocycles. The Morgan fingerprint density at radius 3 is 1.45 bits per heavy atom. The van der Waals surface area contributed by atoms with Gasteiger partial charge in [-0.2, -0.15) is 0 Å². The number of benzene rings is 4. The summed E-state index contributed by atoms with van der Waals surface area (Å²) >= 11 is 0. The molecule has 0 aliphatic heterocycles.